The van der Waals surface area contributed by atoms with E-state index in [0.717, 1.165) is 19.1 Å². The van der Waals surface area contributed by atoms with Gasteiger partial charge in [0.1, 0.15) is 6.29 Å². The summed E-state index contributed by atoms with van der Waals surface area (Å²) in [6, 6.07) is -0.248. The number of nitrogens with one attached hydrogen (secondary N) is 1. The Bertz CT molecular complexity index is 348. The molecule has 0 spiro atoms. The molecule has 0 aromatic rings. The molecule has 2 aliphatic rings. The van der Waals surface area contributed by atoms with Crippen LogP contribution in [-0.4, -0.2) is 50.0 Å². The Hall–Kier alpha value is -1.14. The lowest BCUT2D eigenvalue weighted by Gasteiger charge is -2.38. The van der Waals surface area contributed by atoms with Crippen molar-refractivity contribution in [3.8, 4) is 0 Å². The third-order valence-electron chi connectivity index (χ3n) is 4.65. The van der Waals surface area contributed by atoms with Crippen molar-refractivity contribution in [1.29, 1.82) is 0 Å². The van der Waals surface area contributed by atoms with E-state index in [9.17, 15) is 9.59 Å². The van der Waals surface area contributed by atoms with E-state index in [-0.39, 0.29) is 30.1 Å². The molecule has 0 aliphatic heterocycles. The maximum atomic E-state index is 11.3. The van der Waals surface area contributed by atoms with Gasteiger partial charge >= 0.3 is 6.09 Å². The number of ether oxygens (including phenoxy) is 2. The molecule has 2 N–H and O–H groups in total. The topological polar surface area (TPSA) is 84.9 Å². The van der Waals surface area contributed by atoms with Gasteiger partial charge in [-0.3, -0.25) is 0 Å². The van der Waals surface area contributed by atoms with Crippen molar-refractivity contribution in [2.75, 3.05) is 14.2 Å². The molecule has 6 heteroatoms. The van der Waals surface area contributed by atoms with Gasteiger partial charge in [-0.2, -0.15) is 0 Å². The molecule has 0 saturated heterocycles. The number of carboxylic acid groups (broad SMARTS) is 1. The van der Waals surface area contributed by atoms with Gasteiger partial charge in [-0.1, -0.05) is 0 Å². The van der Waals surface area contributed by atoms with Crippen molar-refractivity contribution >= 4 is 12.4 Å². The lowest BCUT2D eigenvalue weighted by molar-refractivity contribution is -0.116. The zero-order chi connectivity index (χ0) is 14.0. The van der Waals surface area contributed by atoms with Crippen LogP contribution in [0.25, 0.3) is 0 Å². The third kappa shape index (κ3) is 2.74. The van der Waals surface area contributed by atoms with Gasteiger partial charge in [0, 0.05) is 20.1 Å². The molecule has 2 aliphatic carbocycles. The summed E-state index contributed by atoms with van der Waals surface area (Å²) in [5.41, 5.74) is 0. The van der Waals surface area contributed by atoms with Crippen molar-refractivity contribution in [3.05, 3.63) is 0 Å². The summed E-state index contributed by atoms with van der Waals surface area (Å²) in [5, 5.41) is 11.4. The Morgan fingerprint density at radius 2 is 1.84 bits per heavy atom. The van der Waals surface area contributed by atoms with Crippen LogP contribution in [0, 0.1) is 17.8 Å². The second-order valence-corrected chi connectivity index (χ2v) is 5.45. The zero-order valence-electron chi connectivity index (χ0n) is 11.2. The molecule has 0 radical (unpaired) electrons. The van der Waals surface area contributed by atoms with Gasteiger partial charge in [-0.15, -0.1) is 0 Å². The molecule has 6 nitrogen and oxygen atoms in total. The van der Waals surface area contributed by atoms with Gasteiger partial charge < -0.3 is 24.7 Å². The quantitative estimate of drug-likeness (QED) is 0.742. The van der Waals surface area contributed by atoms with Gasteiger partial charge in [0.25, 0.3) is 0 Å². The average molecular weight is 271 g/mol. The first-order chi connectivity index (χ1) is 9.10. The first-order valence-electron chi connectivity index (χ1n) is 6.61. The molecule has 0 bridgehead atoms. The van der Waals surface area contributed by atoms with Gasteiger partial charge in [0.2, 0.25) is 0 Å². The van der Waals surface area contributed by atoms with Crippen LogP contribution in [0.5, 0.6) is 0 Å². The van der Waals surface area contributed by atoms with Gasteiger partial charge in [-0.25, -0.2) is 4.79 Å². The highest BCUT2D eigenvalue weighted by atomic mass is 16.5. The molecule has 2 rings (SSSR count). The number of amides is 1. The summed E-state index contributed by atoms with van der Waals surface area (Å²) >= 11 is 0. The monoisotopic (exact) mass is 271 g/mol. The summed E-state index contributed by atoms with van der Waals surface area (Å²) in [6.45, 7) is 0. The van der Waals surface area contributed by atoms with Crippen molar-refractivity contribution in [1.82, 2.24) is 5.32 Å². The molecule has 6 atom stereocenters. The Labute approximate surface area is 112 Å². The smallest absolute Gasteiger partial charge is 0.404 e. The summed E-state index contributed by atoms with van der Waals surface area (Å²) in [4.78, 5) is 22.1. The van der Waals surface area contributed by atoms with E-state index in [1.54, 1.807) is 14.2 Å². The van der Waals surface area contributed by atoms with Crippen molar-refractivity contribution in [2.45, 2.75) is 37.5 Å². The first-order valence-corrected chi connectivity index (χ1v) is 6.61. The SMILES string of the molecule is CO[C@H]1C[C@H]2C[C@@H](OC)[C@@H](NC(=O)O)C[C@H]2[C@H]1C=O. The highest BCUT2D eigenvalue weighted by Gasteiger charge is 2.49. The third-order valence-corrected chi connectivity index (χ3v) is 4.65. The number of methoxy groups -OCH3 is 2. The number of carbonyl (C=O) groups excluding carboxylic acids is 1. The van der Waals surface area contributed by atoms with Gasteiger partial charge in [0.15, 0.2) is 0 Å². The Kier molecular flexibility index (Phi) is 4.42. The fourth-order valence-electron chi connectivity index (χ4n) is 3.76. The van der Waals surface area contributed by atoms with E-state index in [1.165, 1.54) is 0 Å². The molecular formula is C13H21NO5. The largest absolute Gasteiger partial charge is 0.465 e. The number of rotatable bonds is 4. The molecule has 0 aromatic carbocycles. The van der Waals surface area contributed by atoms with E-state index >= 15 is 0 Å². The van der Waals surface area contributed by atoms with Crippen molar-refractivity contribution < 1.29 is 24.2 Å². The van der Waals surface area contributed by atoms with E-state index in [0.29, 0.717) is 12.3 Å². The average Bonchev–Trinajstić information content (AvgIpc) is 2.73. The summed E-state index contributed by atoms with van der Waals surface area (Å²) < 4.78 is 10.8. The van der Waals surface area contributed by atoms with Crippen LogP contribution in [-0.2, 0) is 14.3 Å². The second-order valence-electron chi connectivity index (χ2n) is 5.45. The van der Waals surface area contributed by atoms with Gasteiger partial charge in [-0.05, 0) is 31.1 Å². The van der Waals surface area contributed by atoms with Crippen molar-refractivity contribution in [3.63, 3.8) is 0 Å². The molecule has 2 saturated carbocycles. The fraction of sp³-hybridized carbons (Fsp3) is 0.846. The molecule has 2 fully saturated rings. The maximum Gasteiger partial charge on any atom is 0.404 e. The number of hydrogen-bond donors (Lipinski definition) is 2. The second kappa shape index (κ2) is 5.88. The van der Waals surface area contributed by atoms with Crippen LogP contribution >= 0.6 is 0 Å². The van der Waals surface area contributed by atoms with E-state index in [2.05, 4.69) is 5.32 Å². The predicted molar refractivity (Wildman–Crippen MR) is 66.9 cm³/mol. The van der Waals surface area contributed by atoms with Crippen molar-refractivity contribution in [2.24, 2.45) is 17.8 Å². The van der Waals surface area contributed by atoms with Crippen LogP contribution in [0.3, 0.4) is 0 Å². The minimum Gasteiger partial charge on any atom is -0.465 e. The van der Waals surface area contributed by atoms with Crippen LogP contribution < -0.4 is 5.32 Å². The highest BCUT2D eigenvalue weighted by molar-refractivity contribution is 5.65. The Morgan fingerprint density at radius 1 is 1.21 bits per heavy atom. The minimum absolute atomic E-state index is 0.0476. The fourth-order valence-corrected chi connectivity index (χ4v) is 3.76. The summed E-state index contributed by atoms with van der Waals surface area (Å²) in [6.07, 6.45) is 2.01. The predicted octanol–water partition coefficient (Wildman–Crippen LogP) is 0.898. The van der Waals surface area contributed by atoms with E-state index < -0.39 is 6.09 Å². The van der Waals surface area contributed by atoms with Gasteiger partial charge in [0.05, 0.1) is 18.2 Å². The summed E-state index contributed by atoms with van der Waals surface area (Å²) in [7, 11) is 3.22. The van der Waals surface area contributed by atoms with Crippen LogP contribution in [0.4, 0.5) is 4.79 Å². The lowest BCUT2D eigenvalue weighted by atomic mass is 9.74. The van der Waals surface area contributed by atoms with E-state index in [4.69, 9.17) is 14.6 Å². The number of hydrogen-bond acceptors (Lipinski definition) is 4. The molecule has 19 heavy (non-hydrogen) atoms. The zero-order valence-corrected chi connectivity index (χ0v) is 11.2. The first kappa shape index (κ1) is 14.3. The van der Waals surface area contributed by atoms with Crippen LogP contribution in [0.1, 0.15) is 19.3 Å². The van der Waals surface area contributed by atoms with E-state index in [1.807, 2.05) is 0 Å². The molecule has 1 amide bonds. The Balaban J connectivity index is 2.12. The number of fused-ring (bicyclic) bond motifs is 1. The lowest BCUT2D eigenvalue weighted by Crippen LogP contribution is -2.50. The van der Waals surface area contributed by atoms with Crippen LogP contribution in [0.2, 0.25) is 0 Å². The number of aldehydes is 1. The highest BCUT2D eigenvalue weighted by Crippen LogP contribution is 2.46. The molecule has 0 aromatic heterocycles. The molecule has 108 valence electrons. The molecule has 0 heterocycles. The van der Waals surface area contributed by atoms with Crippen LogP contribution in [0.15, 0.2) is 0 Å². The maximum absolute atomic E-state index is 11.3. The molecular weight excluding hydrogens is 250 g/mol. The minimum atomic E-state index is -1.05. The normalized spacial score (nSPS) is 41.6. The molecule has 0 unspecified atom stereocenters. The number of carbonyl (C=O) groups is 2. The summed E-state index contributed by atoms with van der Waals surface area (Å²) in [5.74, 6) is 0.425. The standard InChI is InChI=1S/C13H21NO5/c1-18-11-3-7-4-12(19-2)10(14-13(16)17)5-8(7)9(11)6-15/h6-12,14H,3-5H2,1-2H3,(H,16,17)/t7-,8+,9+,10-,11-,12+/m0/s1. The Morgan fingerprint density at radius 3 is 2.37 bits per heavy atom.